The number of hydrogen-bond acceptors (Lipinski definition) is 5. The number of nitrogens with two attached hydrogens (primary N) is 1. The van der Waals surface area contributed by atoms with Crippen molar-refractivity contribution in [2.75, 3.05) is 47.3 Å². The fraction of sp³-hybridized carbons (Fsp3) is 0.410. The maximum absolute atomic E-state index is 11.2. The molecule has 4 N–H and O–H groups in total. The lowest BCUT2D eigenvalue weighted by atomic mass is 10.2. The van der Waals surface area contributed by atoms with E-state index >= 15 is 0 Å². The second-order valence-corrected chi connectivity index (χ2v) is 10.0. The molecule has 0 bridgehead atoms. The first-order valence-electron chi connectivity index (χ1n) is 15.9. The number of benzene rings is 2. The zero-order valence-corrected chi connectivity index (χ0v) is 28.7. The highest BCUT2D eigenvalue weighted by Crippen LogP contribution is 2.00. The van der Waals surface area contributed by atoms with Crippen molar-refractivity contribution in [1.29, 1.82) is 0 Å². The average molecular weight is 621 g/mol. The SMILES string of the molecule is C=CCCCN.C=CCCCN(C)C.C=CCCCNC.C=CCCCNC(=O)OCc1ccccc1.C=Cc1ccccc1. The molecule has 0 saturated heterocycles. The van der Waals surface area contributed by atoms with Crippen LogP contribution in [0.2, 0.25) is 0 Å². The Kier molecular flexibility index (Phi) is 40.9. The third-order valence-electron chi connectivity index (χ3n) is 5.56. The van der Waals surface area contributed by atoms with E-state index in [-0.39, 0.29) is 6.09 Å². The molecule has 2 rings (SSSR count). The second kappa shape index (κ2) is 40.3. The molecule has 6 heteroatoms. The van der Waals surface area contributed by atoms with E-state index in [0.717, 1.165) is 57.2 Å². The molecule has 0 aliphatic carbocycles. The minimum Gasteiger partial charge on any atom is -0.445 e. The Labute approximate surface area is 276 Å². The van der Waals surface area contributed by atoms with E-state index in [1.165, 1.54) is 24.9 Å². The number of carbonyl (C=O) groups is 1. The fourth-order valence-electron chi connectivity index (χ4n) is 3.04. The number of alkyl carbamates (subject to hydrolysis) is 1. The van der Waals surface area contributed by atoms with Gasteiger partial charge in [0.1, 0.15) is 6.61 Å². The number of amides is 1. The zero-order valence-electron chi connectivity index (χ0n) is 28.7. The van der Waals surface area contributed by atoms with Crippen LogP contribution in [0.5, 0.6) is 0 Å². The van der Waals surface area contributed by atoms with E-state index in [0.29, 0.717) is 13.2 Å². The summed E-state index contributed by atoms with van der Waals surface area (Å²) in [6, 6.07) is 19.6. The molecule has 2 aromatic carbocycles. The maximum Gasteiger partial charge on any atom is 0.407 e. The van der Waals surface area contributed by atoms with Gasteiger partial charge in [-0.25, -0.2) is 4.79 Å². The smallest absolute Gasteiger partial charge is 0.407 e. The van der Waals surface area contributed by atoms with Crippen molar-refractivity contribution in [2.24, 2.45) is 5.73 Å². The molecule has 0 aliphatic rings. The maximum atomic E-state index is 11.2. The van der Waals surface area contributed by atoms with Gasteiger partial charge in [-0.05, 0) is 103 Å². The van der Waals surface area contributed by atoms with Crippen molar-refractivity contribution in [2.45, 2.75) is 58.0 Å². The van der Waals surface area contributed by atoms with E-state index in [2.05, 4.69) is 62.5 Å². The van der Waals surface area contributed by atoms with Gasteiger partial charge in [0.15, 0.2) is 0 Å². The molecular weight excluding hydrogens is 556 g/mol. The van der Waals surface area contributed by atoms with E-state index in [1.54, 1.807) is 0 Å². The van der Waals surface area contributed by atoms with Crippen molar-refractivity contribution < 1.29 is 9.53 Å². The van der Waals surface area contributed by atoms with Gasteiger partial charge in [0.05, 0.1) is 0 Å². The molecule has 0 radical (unpaired) electrons. The molecule has 0 heterocycles. The van der Waals surface area contributed by atoms with E-state index in [1.807, 2.05) is 98.1 Å². The molecule has 45 heavy (non-hydrogen) atoms. The molecule has 0 unspecified atom stereocenters. The first kappa shape index (κ1) is 45.7. The van der Waals surface area contributed by atoms with Crippen LogP contribution in [0.15, 0.2) is 118 Å². The van der Waals surface area contributed by atoms with Crippen molar-refractivity contribution in [3.05, 3.63) is 129 Å². The van der Waals surface area contributed by atoms with E-state index in [9.17, 15) is 4.79 Å². The van der Waals surface area contributed by atoms with Crippen LogP contribution in [0.4, 0.5) is 4.79 Å². The van der Waals surface area contributed by atoms with Gasteiger partial charge in [-0.1, -0.05) is 97.6 Å². The molecule has 2 aromatic rings. The Bertz CT molecular complexity index is 931. The highest BCUT2D eigenvalue weighted by Gasteiger charge is 2.00. The summed E-state index contributed by atoms with van der Waals surface area (Å²) in [5.74, 6) is 0. The van der Waals surface area contributed by atoms with Crippen LogP contribution in [-0.2, 0) is 11.3 Å². The normalized spacial score (nSPS) is 9.09. The number of unbranched alkanes of at least 4 members (excludes halogenated alkanes) is 4. The first-order valence-corrected chi connectivity index (χ1v) is 15.9. The predicted molar refractivity (Wildman–Crippen MR) is 200 cm³/mol. The van der Waals surface area contributed by atoms with Crippen LogP contribution in [0.3, 0.4) is 0 Å². The van der Waals surface area contributed by atoms with Crippen molar-refractivity contribution in [3.8, 4) is 0 Å². The summed E-state index contributed by atoms with van der Waals surface area (Å²) >= 11 is 0. The van der Waals surface area contributed by atoms with Gasteiger partial charge in [-0.15, -0.1) is 26.3 Å². The van der Waals surface area contributed by atoms with Crippen molar-refractivity contribution in [3.63, 3.8) is 0 Å². The monoisotopic (exact) mass is 621 g/mol. The standard InChI is InChI=1S/C13H17NO2.C8H8.C7H15N.C6H13N.C5H11N/c1-2-3-7-10-14-13(15)16-11-12-8-5-4-6-9-12;1-2-8-6-4-3-5-7-8;1-4-5-6-7-8(2)3;1-3-4-5-6-7-2;1-2-3-4-5-6/h2,4-6,8-9H,1,3,7,10-11H2,(H,14,15);2-7H,1H2;4H,1,5-7H2,2-3H3;3,7H,1,4-6H2,2H3;2H,1,3-6H2. The van der Waals surface area contributed by atoms with Crippen LogP contribution in [-0.4, -0.2) is 58.3 Å². The second-order valence-electron chi connectivity index (χ2n) is 10.0. The third-order valence-corrected chi connectivity index (χ3v) is 5.56. The average Bonchev–Trinajstić information content (AvgIpc) is 3.07. The lowest BCUT2D eigenvalue weighted by Crippen LogP contribution is -2.25. The van der Waals surface area contributed by atoms with Gasteiger partial charge in [0.25, 0.3) is 0 Å². The summed E-state index contributed by atoms with van der Waals surface area (Å²) in [5.41, 5.74) is 7.33. The Balaban J connectivity index is -0.000000522. The Hall–Kier alpha value is -3.71. The van der Waals surface area contributed by atoms with Gasteiger partial charge in [0, 0.05) is 6.54 Å². The Morgan fingerprint density at radius 1 is 0.756 bits per heavy atom. The molecule has 0 spiro atoms. The molecule has 6 nitrogen and oxygen atoms in total. The zero-order chi connectivity index (χ0) is 34.2. The highest BCUT2D eigenvalue weighted by atomic mass is 16.5. The third kappa shape index (κ3) is 42.5. The lowest BCUT2D eigenvalue weighted by molar-refractivity contribution is 0.139. The fourth-order valence-corrected chi connectivity index (χ4v) is 3.04. The lowest BCUT2D eigenvalue weighted by Gasteiger charge is -2.06. The summed E-state index contributed by atoms with van der Waals surface area (Å²) in [7, 11) is 6.13. The summed E-state index contributed by atoms with van der Waals surface area (Å²) in [4.78, 5) is 13.4. The quantitative estimate of drug-likeness (QED) is 0.115. The van der Waals surface area contributed by atoms with Gasteiger partial charge >= 0.3 is 6.09 Å². The number of ether oxygens (including phenoxy) is 1. The van der Waals surface area contributed by atoms with Crippen molar-refractivity contribution in [1.82, 2.24) is 15.5 Å². The number of nitrogens with zero attached hydrogens (tertiary/aromatic N) is 1. The summed E-state index contributed by atoms with van der Waals surface area (Å²) in [6.45, 7) is 22.0. The number of nitrogens with one attached hydrogen (secondary N) is 2. The highest BCUT2D eigenvalue weighted by molar-refractivity contribution is 5.67. The molecule has 0 fully saturated rings. The van der Waals surface area contributed by atoms with Gasteiger partial charge < -0.3 is 26.0 Å². The summed E-state index contributed by atoms with van der Waals surface area (Å²) < 4.78 is 5.03. The van der Waals surface area contributed by atoms with Crippen LogP contribution in [0, 0.1) is 0 Å². The summed E-state index contributed by atoms with van der Waals surface area (Å²) in [5, 5.41) is 5.73. The minimum atomic E-state index is -0.368. The largest absolute Gasteiger partial charge is 0.445 e. The molecule has 1 amide bonds. The number of hydrogen-bond donors (Lipinski definition) is 3. The van der Waals surface area contributed by atoms with Gasteiger partial charge in [-0.3, -0.25) is 0 Å². The molecule has 0 saturated carbocycles. The molecule has 252 valence electrons. The minimum absolute atomic E-state index is 0.314. The molecule has 0 aromatic heterocycles. The van der Waals surface area contributed by atoms with Crippen molar-refractivity contribution >= 4 is 12.2 Å². The Morgan fingerprint density at radius 2 is 1.24 bits per heavy atom. The molecule has 0 atom stereocenters. The van der Waals surface area contributed by atoms with Crippen LogP contribution in [0.25, 0.3) is 6.08 Å². The van der Waals surface area contributed by atoms with E-state index < -0.39 is 0 Å². The van der Waals surface area contributed by atoms with Crippen LogP contribution >= 0.6 is 0 Å². The van der Waals surface area contributed by atoms with Gasteiger partial charge in [0.2, 0.25) is 0 Å². The molecular formula is C39H64N4O2. The first-order chi connectivity index (χ1) is 21.9. The van der Waals surface area contributed by atoms with E-state index in [4.69, 9.17) is 10.5 Å². The topological polar surface area (TPSA) is 79.6 Å². The Morgan fingerprint density at radius 3 is 1.67 bits per heavy atom. The molecule has 0 aliphatic heterocycles. The van der Waals surface area contributed by atoms with Gasteiger partial charge in [-0.2, -0.15) is 0 Å². The predicted octanol–water partition coefficient (Wildman–Crippen LogP) is 8.81. The van der Waals surface area contributed by atoms with Crippen LogP contribution in [0.1, 0.15) is 62.5 Å². The number of rotatable bonds is 18. The summed E-state index contributed by atoms with van der Waals surface area (Å²) in [6.07, 6.45) is 17.7. The number of allylic oxidation sites excluding steroid dienone is 4. The number of carbonyl (C=O) groups excluding carboxylic acids is 1. The van der Waals surface area contributed by atoms with Crippen LogP contribution < -0.4 is 16.4 Å².